The van der Waals surface area contributed by atoms with Crippen LogP contribution in [0.15, 0.2) is 18.2 Å². The minimum absolute atomic E-state index is 0.0558. The van der Waals surface area contributed by atoms with E-state index >= 15 is 0 Å². The van der Waals surface area contributed by atoms with Crippen LogP contribution in [-0.4, -0.2) is 22.8 Å². The van der Waals surface area contributed by atoms with E-state index in [0.29, 0.717) is 12.1 Å². The third kappa shape index (κ3) is 5.71. The van der Waals surface area contributed by atoms with E-state index in [0.717, 1.165) is 6.42 Å². The van der Waals surface area contributed by atoms with Crippen LogP contribution in [-0.2, 0) is 0 Å². The zero-order valence-electron chi connectivity index (χ0n) is 12.8. The van der Waals surface area contributed by atoms with Crippen LogP contribution in [0.25, 0.3) is 0 Å². The standard InChI is InChI=1S/C15H21ClN2O3/c1-10-5-6-11(7-13(10)18(20)21)14(19)17-9-12(16)8-15(2,3)4/h5-7,12H,8-9H2,1-4H3,(H,17,19). The summed E-state index contributed by atoms with van der Waals surface area (Å²) in [5.74, 6) is -0.349. The van der Waals surface area contributed by atoms with Crippen LogP contribution in [0.4, 0.5) is 5.69 Å². The molecule has 1 atom stereocenters. The van der Waals surface area contributed by atoms with E-state index in [4.69, 9.17) is 11.6 Å². The Morgan fingerprint density at radius 3 is 2.57 bits per heavy atom. The summed E-state index contributed by atoms with van der Waals surface area (Å²) < 4.78 is 0. The number of aryl methyl sites for hydroxylation is 1. The molecule has 5 nitrogen and oxygen atoms in total. The van der Waals surface area contributed by atoms with E-state index in [1.807, 2.05) is 0 Å². The van der Waals surface area contributed by atoms with Crippen LogP contribution in [0.2, 0.25) is 0 Å². The molecule has 0 saturated carbocycles. The molecule has 1 unspecified atom stereocenters. The molecule has 0 aliphatic heterocycles. The molecule has 0 saturated heterocycles. The second-order valence-electron chi connectivity index (χ2n) is 6.33. The lowest BCUT2D eigenvalue weighted by atomic mass is 9.90. The fourth-order valence-corrected chi connectivity index (χ4v) is 2.53. The molecule has 21 heavy (non-hydrogen) atoms. The molecule has 0 fully saturated rings. The van der Waals surface area contributed by atoms with Crippen molar-refractivity contribution in [3.05, 3.63) is 39.4 Å². The predicted molar refractivity (Wildman–Crippen MR) is 83.9 cm³/mol. The Hall–Kier alpha value is -1.62. The van der Waals surface area contributed by atoms with E-state index < -0.39 is 4.92 Å². The van der Waals surface area contributed by atoms with Crippen molar-refractivity contribution in [3.63, 3.8) is 0 Å². The van der Waals surface area contributed by atoms with Gasteiger partial charge < -0.3 is 5.32 Å². The average molecular weight is 313 g/mol. The summed E-state index contributed by atoms with van der Waals surface area (Å²) in [5.41, 5.74) is 0.825. The van der Waals surface area contributed by atoms with Crippen LogP contribution < -0.4 is 5.32 Å². The Balaban J connectivity index is 2.68. The van der Waals surface area contributed by atoms with Gasteiger partial charge in [0.05, 0.1) is 10.3 Å². The third-order valence-corrected chi connectivity index (χ3v) is 3.29. The summed E-state index contributed by atoms with van der Waals surface area (Å²) in [7, 11) is 0. The van der Waals surface area contributed by atoms with Gasteiger partial charge in [0.25, 0.3) is 11.6 Å². The second-order valence-corrected chi connectivity index (χ2v) is 6.95. The number of carbonyl (C=O) groups excluding carboxylic acids is 1. The van der Waals surface area contributed by atoms with E-state index in [1.54, 1.807) is 19.1 Å². The second kappa shape index (κ2) is 6.89. The van der Waals surface area contributed by atoms with Gasteiger partial charge in [-0.25, -0.2) is 0 Å². The van der Waals surface area contributed by atoms with Crippen molar-refractivity contribution >= 4 is 23.2 Å². The molecule has 0 aliphatic rings. The number of hydrogen-bond donors (Lipinski definition) is 1. The van der Waals surface area contributed by atoms with Gasteiger partial charge in [-0.15, -0.1) is 11.6 Å². The van der Waals surface area contributed by atoms with Crippen molar-refractivity contribution in [1.82, 2.24) is 5.32 Å². The quantitative estimate of drug-likeness (QED) is 0.512. The van der Waals surface area contributed by atoms with Crippen LogP contribution in [0.1, 0.15) is 43.1 Å². The first-order chi connectivity index (χ1) is 9.60. The Labute approximate surface area is 129 Å². The van der Waals surface area contributed by atoms with Gasteiger partial charge in [0.15, 0.2) is 0 Å². The van der Waals surface area contributed by atoms with E-state index in [9.17, 15) is 14.9 Å². The van der Waals surface area contributed by atoms with Crippen molar-refractivity contribution in [2.24, 2.45) is 5.41 Å². The number of amides is 1. The minimum atomic E-state index is -0.490. The van der Waals surface area contributed by atoms with Gasteiger partial charge in [0, 0.05) is 23.7 Å². The highest BCUT2D eigenvalue weighted by molar-refractivity contribution is 6.21. The van der Waals surface area contributed by atoms with Gasteiger partial charge in [-0.2, -0.15) is 0 Å². The summed E-state index contributed by atoms with van der Waals surface area (Å²) in [6.45, 7) is 8.20. The molecule has 0 heterocycles. The van der Waals surface area contributed by atoms with Gasteiger partial charge in [-0.05, 0) is 24.8 Å². The topological polar surface area (TPSA) is 72.2 Å². The minimum Gasteiger partial charge on any atom is -0.351 e. The highest BCUT2D eigenvalue weighted by Gasteiger charge is 2.19. The van der Waals surface area contributed by atoms with Crippen molar-refractivity contribution in [2.75, 3.05) is 6.54 Å². The lowest BCUT2D eigenvalue weighted by molar-refractivity contribution is -0.385. The molecule has 0 radical (unpaired) electrons. The fourth-order valence-electron chi connectivity index (χ4n) is 1.99. The van der Waals surface area contributed by atoms with Gasteiger partial charge in [0.2, 0.25) is 0 Å². The molecule has 1 amide bonds. The van der Waals surface area contributed by atoms with Crippen molar-refractivity contribution < 1.29 is 9.72 Å². The molecular formula is C15H21ClN2O3. The first-order valence-corrected chi connectivity index (χ1v) is 7.21. The Kier molecular flexibility index (Phi) is 5.72. The third-order valence-electron chi connectivity index (χ3n) is 2.99. The fraction of sp³-hybridized carbons (Fsp3) is 0.533. The van der Waals surface area contributed by atoms with E-state index in [-0.39, 0.29) is 28.0 Å². The number of hydrogen-bond acceptors (Lipinski definition) is 3. The molecule has 1 aromatic rings. The molecule has 1 rings (SSSR count). The number of halogens is 1. The van der Waals surface area contributed by atoms with Crippen LogP contribution >= 0.6 is 11.6 Å². The molecule has 0 aromatic heterocycles. The largest absolute Gasteiger partial charge is 0.351 e. The summed E-state index contributed by atoms with van der Waals surface area (Å²) in [5, 5.41) is 13.4. The summed E-state index contributed by atoms with van der Waals surface area (Å²) in [4.78, 5) is 22.4. The number of rotatable bonds is 5. The molecule has 6 heteroatoms. The zero-order chi connectivity index (χ0) is 16.2. The highest BCUT2D eigenvalue weighted by Crippen LogP contribution is 2.23. The van der Waals surface area contributed by atoms with E-state index in [2.05, 4.69) is 26.1 Å². The number of nitro benzene ring substituents is 1. The summed E-state index contributed by atoms with van der Waals surface area (Å²) in [6, 6.07) is 4.43. The number of nitrogens with one attached hydrogen (secondary N) is 1. The maximum absolute atomic E-state index is 12.0. The SMILES string of the molecule is Cc1ccc(C(=O)NCC(Cl)CC(C)(C)C)cc1[N+](=O)[O-]. The number of benzene rings is 1. The Bertz CT molecular complexity index is 538. The van der Waals surface area contributed by atoms with Crippen LogP contribution in [0.3, 0.4) is 0 Å². The maximum Gasteiger partial charge on any atom is 0.273 e. The molecule has 0 bridgehead atoms. The Morgan fingerprint density at radius 1 is 1.43 bits per heavy atom. The molecule has 1 N–H and O–H groups in total. The lowest BCUT2D eigenvalue weighted by Crippen LogP contribution is -2.31. The first kappa shape index (κ1) is 17.4. The highest BCUT2D eigenvalue weighted by atomic mass is 35.5. The predicted octanol–water partition coefficient (Wildman–Crippen LogP) is 3.68. The van der Waals surface area contributed by atoms with E-state index in [1.165, 1.54) is 6.07 Å². The lowest BCUT2D eigenvalue weighted by Gasteiger charge is -2.22. The maximum atomic E-state index is 12.0. The van der Waals surface area contributed by atoms with Gasteiger partial charge >= 0.3 is 0 Å². The molecule has 116 valence electrons. The summed E-state index contributed by atoms with van der Waals surface area (Å²) in [6.07, 6.45) is 0.767. The average Bonchev–Trinajstić information content (AvgIpc) is 2.34. The monoisotopic (exact) mass is 312 g/mol. The molecular weight excluding hydrogens is 292 g/mol. The van der Waals surface area contributed by atoms with Crippen LogP contribution in [0.5, 0.6) is 0 Å². The molecule has 1 aromatic carbocycles. The van der Waals surface area contributed by atoms with Gasteiger partial charge in [0.1, 0.15) is 0 Å². The summed E-state index contributed by atoms with van der Waals surface area (Å²) >= 11 is 6.18. The van der Waals surface area contributed by atoms with Crippen LogP contribution in [0, 0.1) is 22.5 Å². The molecule has 0 aliphatic carbocycles. The number of carbonyl (C=O) groups is 1. The Morgan fingerprint density at radius 2 is 2.05 bits per heavy atom. The zero-order valence-corrected chi connectivity index (χ0v) is 13.5. The smallest absolute Gasteiger partial charge is 0.273 e. The van der Waals surface area contributed by atoms with Gasteiger partial charge in [-0.3, -0.25) is 14.9 Å². The van der Waals surface area contributed by atoms with Gasteiger partial charge in [-0.1, -0.05) is 26.8 Å². The normalized spacial score (nSPS) is 12.8. The van der Waals surface area contributed by atoms with Crippen molar-refractivity contribution in [1.29, 1.82) is 0 Å². The number of nitrogens with zero attached hydrogens (tertiary/aromatic N) is 1. The number of alkyl halides is 1. The van der Waals surface area contributed by atoms with Crippen molar-refractivity contribution in [2.45, 2.75) is 39.5 Å². The first-order valence-electron chi connectivity index (χ1n) is 6.77. The number of nitro groups is 1. The molecule has 0 spiro atoms. The van der Waals surface area contributed by atoms with Crippen molar-refractivity contribution in [3.8, 4) is 0 Å².